The monoisotopic (exact) mass is 566 g/mol. The molecule has 0 aliphatic rings. The average Bonchev–Trinajstić information content (AvgIpc) is 3.45. The maximum absolute atomic E-state index is 13.4. The SMILES string of the molecule is CC(O)C(NC(=O)C(Cc1ccc(O)cc1)NC(=O)C(N)Cc1ccccc1)C(=O)NC(Cc1cnc[nH]1)C(=O)O. The van der Waals surface area contributed by atoms with E-state index in [1.807, 2.05) is 30.3 Å². The highest BCUT2D eigenvalue weighted by molar-refractivity contribution is 5.94. The number of carboxylic acids is 1. The molecule has 218 valence electrons. The molecular formula is C28H34N6O7. The summed E-state index contributed by atoms with van der Waals surface area (Å²) in [5, 5.41) is 36.9. The van der Waals surface area contributed by atoms with Crippen LogP contribution in [0.3, 0.4) is 0 Å². The molecule has 2 aromatic carbocycles. The number of benzene rings is 2. The van der Waals surface area contributed by atoms with Gasteiger partial charge in [0.1, 0.15) is 23.9 Å². The van der Waals surface area contributed by atoms with Crippen molar-refractivity contribution in [2.75, 3.05) is 0 Å². The first-order valence-electron chi connectivity index (χ1n) is 12.9. The Labute approximate surface area is 236 Å². The van der Waals surface area contributed by atoms with Crippen molar-refractivity contribution in [2.24, 2.45) is 5.73 Å². The molecule has 0 saturated carbocycles. The quantitative estimate of drug-likeness (QED) is 0.125. The van der Waals surface area contributed by atoms with E-state index in [-0.39, 0.29) is 25.0 Å². The van der Waals surface area contributed by atoms with Crippen LogP contribution in [0.5, 0.6) is 5.75 Å². The highest BCUT2D eigenvalue weighted by Crippen LogP contribution is 2.12. The third kappa shape index (κ3) is 9.44. The maximum atomic E-state index is 13.4. The number of imidazole rings is 1. The maximum Gasteiger partial charge on any atom is 0.326 e. The van der Waals surface area contributed by atoms with Crippen molar-refractivity contribution in [1.29, 1.82) is 0 Å². The summed E-state index contributed by atoms with van der Waals surface area (Å²) in [5.41, 5.74) is 7.97. The van der Waals surface area contributed by atoms with Gasteiger partial charge in [0.15, 0.2) is 0 Å². The van der Waals surface area contributed by atoms with Crippen LogP contribution in [0, 0.1) is 0 Å². The molecule has 0 aliphatic heterocycles. The number of aliphatic hydroxyl groups is 1. The van der Waals surface area contributed by atoms with Crippen LogP contribution in [0.25, 0.3) is 0 Å². The summed E-state index contributed by atoms with van der Waals surface area (Å²) in [4.78, 5) is 57.7. The first kappa shape index (κ1) is 30.8. The van der Waals surface area contributed by atoms with E-state index in [2.05, 4.69) is 25.9 Å². The number of aromatic nitrogens is 2. The fourth-order valence-electron chi connectivity index (χ4n) is 4.05. The molecule has 0 fully saturated rings. The van der Waals surface area contributed by atoms with E-state index >= 15 is 0 Å². The molecule has 5 unspecified atom stereocenters. The second kappa shape index (κ2) is 14.6. The summed E-state index contributed by atoms with van der Waals surface area (Å²) in [7, 11) is 0. The molecule has 9 N–H and O–H groups in total. The summed E-state index contributed by atoms with van der Waals surface area (Å²) in [6.45, 7) is 1.26. The topological polar surface area (TPSA) is 220 Å². The predicted molar refractivity (Wildman–Crippen MR) is 147 cm³/mol. The van der Waals surface area contributed by atoms with Gasteiger partial charge in [-0.3, -0.25) is 14.4 Å². The number of phenols is 1. The molecule has 13 nitrogen and oxygen atoms in total. The fraction of sp³-hybridized carbons (Fsp3) is 0.321. The summed E-state index contributed by atoms with van der Waals surface area (Å²) in [6, 6.07) is 9.95. The standard InChI is InChI=1S/C28H34N6O7/c1-16(35)24(27(39)33-23(28(40)41)13-19-14-30-15-31-19)34-26(38)22(12-18-7-9-20(36)10-8-18)32-25(37)21(29)11-17-5-3-2-4-6-17/h2-10,14-16,21-24,35-36H,11-13,29H2,1H3,(H,30,31)(H,32,37)(H,33,39)(H,34,38)(H,40,41). The third-order valence-electron chi connectivity index (χ3n) is 6.30. The molecule has 3 rings (SSSR count). The Morgan fingerprint density at radius 3 is 2.07 bits per heavy atom. The second-order valence-corrected chi connectivity index (χ2v) is 9.64. The number of hydrogen-bond donors (Lipinski definition) is 8. The lowest BCUT2D eigenvalue weighted by Crippen LogP contribution is -2.60. The van der Waals surface area contributed by atoms with Crippen LogP contribution < -0.4 is 21.7 Å². The normalized spacial score (nSPS) is 14.6. The van der Waals surface area contributed by atoms with Crippen LogP contribution in [0.4, 0.5) is 0 Å². The number of carboxylic acid groups (broad SMARTS) is 1. The summed E-state index contributed by atoms with van der Waals surface area (Å²) in [6.07, 6.45) is 1.44. The molecule has 5 atom stereocenters. The van der Waals surface area contributed by atoms with Crippen LogP contribution in [0.2, 0.25) is 0 Å². The number of carbonyl (C=O) groups is 4. The number of aliphatic carboxylic acids is 1. The lowest BCUT2D eigenvalue weighted by Gasteiger charge is -2.26. The van der Waals surface area contributed by atoms with Gasteiger partial charge in [0.05, 0.1) is 18.5 Å². The molecule has 1 heterocycles. The highest BCUT2D eigenvalue weighted by Gasteiger charge is 2.33. The summed E-state index contributed by atoms with van der Waals surface area (Å²) < 4.78 is 0. The minimum absolute atomic E-state index is 0.0117. The Hall–Kier alpha value is -4.75. The number of nitrogens with one attached hydrogen (secondary N) is 4. The molecule has 0 bridgehead atoms. The van der Waals surface area contributed by atoms with Gasteiger partial charge in [-0.05, 0) is 36.6 Å². The number of nitrogens with two attached hydrogens (primary N) is 1. The number of phenolic OH excluding ortho intramolecular Hbond substituents is 1. The van der Waals surface area contributed by atoms with Gasteiger partial charge in [0.2, 0.25) is 17.7 Å². The molecule has 0 aliphatic carbocycles. The number of aromatic hydroxyl groups is 1. The molecule has 0 spiro atoms. The van der Waals surface area contributed by atoms with E-state index in [1.54, 1.807) is 12.1 Å². The average molecular weight is 567 g/mol. The Morgan fingerprint density at radius 2 is 1.49 bits per heavy atom. The van der Waals surface area contributed by atoms with Crippen molar-refractivity contribution in [3.05, 3.63) is 83.9 Å². The van der Waals surface area contributed by atoms with Gasteiger partial charge >= 0.3 is 5.97 Å². The zero-order valence-corrected chi connectivity index (χ0v) is 22.4. The van der Waals surface area contributed by atoms with Crippen molar-refractivity contribution in [1.82, 2.24) is 25.9 Å². The number of nitrogens with zero attached hydrogens (tertiary/aromatic N) is 1. The number of aromatic amines is 1. The van der Waals surface area contributed by atoms with Crippen molar-refractivity contribution in [3.63, 3.8) is 0 Å². The number of amides is 3. The number of hydrogen-bond acceptors (Lipinski definition) is 8. The van der Waals surface area contributed by atoms with Crippen LogP contribution in [-0.2, 0) is 38.4 Å². The lowest BCUT2D eigenvalue weighted by molar-refractivity contribution is -0.143. The zero-order valence-electron chi connectivity index (χ0n) is 22.4. The number of aliphatic hydroxyl groups excluding tert-OH is 1. The number of rotatable bonds is 14. The van der Waals surface area contributed by atoms with Gasteiger partial charge in [0.25, 0.3) is 0 Å². The van der Waals surface area contributed by atoms with Crippen molar-refractivity contribution in [3.8, 4) is 5.75 Å². The van der Waals surface area contributed by atoms with E-state index in [0.29, 0.717) is 11.3 Å². The van der Waals surface area contributed by atoms with Gasteiger partial charge in [-0.15, -0.1) is 0 Å². The van der Waals surface area contributed by atoms with Crippen LogP contribution >= 0.6 is 0 Å². The minimum Gasteiger partial charge on any atom is -0.508 e. The van der Waals surface area contributed by atoms with Crippen molar-refractivity contribution in [2.45, 2.75) is 56.5 Å². The van der Waals surface area contributed by atoms with Crippen molar-refractivity contribution >= 4 is 23.7 Å². The molecule has 41 heavy (non-hydrogen) atoms. The van der Waals surface area contributed by atoms with Crippen molar-refractivity contribution < 1.29 is 34.5 Å². The predicted octanol–water partition coefficient (Wildman–Crippen LogP) is -0.610. The van der Waals surface area contributed by atoms with E-state index in [4.69, 9.17) is 5.73 Å². The molecule has 0 saturated heterocycles. The highest BCUT2D eigenvalue weighted by atomic mass is 16.4. The largest absolute Gasteiger partial charge is 0.508 e. The van der Waals surface area contributed by atoms with Crippen LogP contribution in [-0.4, -0.2) is 79.2 Å². The van der Waals surface area contributed by atoms with Crippen LogP contribution in [0.1, 0.15) is 23.7 Å². The van der Waals surface area contributed by atoms with E-state index in [1.165, 1.54) is 31.6 Å². The van der Waals surface area contributed by atoms with Gasteiger partial charge in [-0.25, -0.2) is 9.78 Å². The molecular weight excluding hydrogens is 532 g/mol. The Morgan fingerprint density at radius 1 is 0.854 bits per heavy atom. The lowest BCUT2D eigenvalue weighted by atomic mass is 10.0. The smallest absolute Gasteiger partial charge is 0.326 e. The molecule has 3 aromatic rings. The minimum atomic E-state index is -1.54. The second-order valence-electron chi connectivity index (χ2n) is 9.64. The third-order valence-corrected chi connectivity index (χ3v) is 6.30. The van der Waals surface area contributed by atoms with Gasteiger partial charge < -0.3 is 42.0 Å². The summed E-state index contributed by atoms with van der Waals surface area (Å²) >= 11 is 0. The Kier molecular flexibility index (Phi) is 11.0. The Balaban J connectivity index is 1.75. The van der Waals surface area contributed by atoms with Crippen LogP contribution in [0.15, 0.2) is 67.1 Å². The fourth-order valence-corrected chi connectivity index (χ4v) is 4.05. The Bertz CT molecular complexity index is 1300. The first-order valence-corrected chi connectivity index (χ1v) is 12.9. The number of H-pyrrole nitrogens is 1. The van der Waals surface area contributed by atoms with Gasteiger partial charge in [-0.2, -0.15) is 0 Å². The first-order chi connectivity index (χ1) is 19.5. The van der Waals surface area contributed by atoms with E-state index in [9.17, 15) is 34.5 Å². The van der Waals surface area contributed by atoms with E-state index in [0.717, 1.165) is 5.56 Å². The number of carbonyl (C=O) groups excluding carboxylic acids is 3. The molecule has 1 aromatic heterocycles. The van der Waals surface area contributed by atoms with E-state index < -0.39 is 54.0 Å². The molecule has 13 heteroatoms. The van der Waals surface area contributed by atoms with Gasteiger partial charge in [-0.1, -0.05) is 42.5 Å². The molecule has 3 amide bonds. The zero-order chi connectivity index (χ0) is 29.9. The van der Waals surface area contributed by atoms with Gasteiger partial charge in [0, 0.05) is 24.7 Å². The molecule has 0 radical (unpaired) electrons. The summed E-state index contributed by atoms with van der Waals surface area (Å²) in [5.74, 6) is -3.67.